The van der Waals surface area contributed by atoms with Gasteiger partial charge in [0, 0.05) is 111 Å². The standard InChI is InChI=1S/C17H21ClN4O.C17H18ClN3O2.C15H16ClN3O2.C14H14ClN3O2.C14H14ClN3O.C13H11Cl2N3O.C13H12ClN3O2/c1-4-21(5-2)9-14-16-10-20(3)17(23)13-8-12(18)6-7-15(13)22(16)11-19-14;1-3-4-5-15(22)16-14-9-20(2)17(23)12-8-11(18)6-7-13(12)21(14)10-19-16;1-3-21-8-12-14-7-18(2)15(20)11-6-10(16)4-5-13(11)19(14)9-17-12;1-17-6-13-11(7-20-2)16-8-18(13)12-4-3-9(15)5-10(12)14(17)19;1-3-11-13-7-17(2)14(19)10-6-9(15)4-5-12(10)18(13)8-16-11;1-17-6-12-10(5-14)16-7-18(12)11-3-2-8(15)4-9(11)13(17)19;1-16-5-12-10(6-18)15-7-17(12)11-3-2-8(14)4-9(11)13(16)19/h6-8,11H,4-5,9-10H2,1-3H3;6-8,10H,3-5,9H2,1-2H3;4-6,9H,3,7-8H2,1-2H3;3-5,8H,6-7H2,1-2H3;4-6,8H,3,7H2,1-2H3;2-4,7H,5-6H2,1H3;2-4,7,18H,5-6H2,1H3. The fourth-order valence-electron chi connectivity index (χ4n) is 17.8. The van der Waals surface area contributed by atoms with E-state index in [0.29, 0.717) is 169 Å². The van der Waals surface area contributed by atoms with Crippen LogP contribution < -0.4 is 0 Å². The fourth-order valence-corrected chi connectivity index (χ4v) is 19.2. The number of aromatic nitrogens is 14. The molecule has 750 valence electrons. The van der Waals surface area contributed by atoms with Gasteiger partial charge >= 0.3 is 0 Å². The number of fused-ring (bicyclic) bond motifs is 21. The van der Waals surface area contributed by atoms with Crippen molar-refractivity contribution in [2.24, 2.45) is 0 Å². The zero-order valence-electron chi connectivity index (χ0n) is 81.5. The van der Waals surface area contributed by atoms with Crippen LogP contribution in [-0.2, 0) is 94.0 Å². The van der Waals surface area contributed by atoms with E-state index in [-0.39, 0.29) is 53.7 Å². The summed E-state index contributed by atoms with van der Waals surface area (Å²) in [5.41, 5.74) is 21.7. The number of halogens is 8. The van der Waals surface area contributed by atoms with Crippen molar-refractivity contribution in [1.29, 1.82) is 0 Å². The van der Waals surface area contributed by atoms with Crippen molar-refractivity contribution in [3.8, 4) is 39.8 Å². The highest BCUT2D eigenvalue weighted by Gasteiger charge is 2.36. The molecule has 0 saturated heterocycles. The number of rotatable bonds is 16. The van der Waals surface area contributed by atoms with Crippen LogP contribution in [0.25, 0.3) is 39.8 Å². The molecule has 0 saturated carbocycles. The summed E-state index contributed by atoms with van der Waals surface area (Å²) in [7, 11) is 14.0. The number of benzene rings is 7. The number of aliphatic hydroxyl groups excluding tert-OH is 1. The molecule has 0 spiro atoms. The smallest absolute Gasteiger partial charge is 0.256 e. The number of unbranched alkanes of at least 4 members (excludes halogenated alkanes) is 1. The Morgan fingerprint density at radius 1 is 0.340 bits per heavy atom. The highest BCUT2D eigenvalue weighted by molar-refractivity contribution is 6.33. The molecule has 14 aromatic rings. The summed E-state index contributed by atoms with van der Waals surface area (Å²) in [6, 6.07) is 37.1. The highest BCUT2D eigenvalue weighted by atomic mass is 35.5. The molecular formula is C103H106Cl8N22O11. The Bertz CT molecular complexity index is 6980. The Kier molecular flexibility index (Phi) is 33.7. The fraction of sp³-hybridized carbons (Fsp3) is 0.311. The average Bonchev–Trinajstić information content (AvgIpc) is 1.68. The third-order valence-corrected chi connectivity index (χ3v) is 27.4. The number of ketones is 1. The number of aliphatic hydroxyl groups is 1. The van der Waals surface area contributed by atoms with Crippen LogP contribution in [0.15, 0.2) is 172 Å². The molecule has 0 aliphatic carbocycles. The zero-order valence-corrected chi connectivity index (χ0v) is 87.5. The van der Waals surface area contributed by atoms with Crippen molar-refractivity contribution < 1.29 is 52.9 Å². The second-order valence-electron chi connectivity index (χ2n) is 34.9. The minimum atomic E-state index is -0.146. The van der Waals surface area contributed by atoms with Crippen LogP contribution in [0.1, 0.15) is 211 Å². The number of Topliss-reactive ketones (excluding diaryl/α,β-unsaturated/α-hetero) is 1. The zero-order chi connectivity index (χ0) is 103. The molecule has 21 rings (SSSR count). The molecule has 0 radical (unpaired) electrons. The Labute approximate surface area is 872 Å². The van der Waals surface area contributed by atoms with E-state index in [4.69, 9.17) is 102 Å². The predicted molar refractivity (Wildman–Crippen MR) is 552 cm³/mol. The number of ether oxygens (including phenoxy) is 2. The molecule has 7 aliphatic rings. The molecule has 7 aromatic heterocycles. The Morgan fingerprint density at radius 2 is 0.590 bits per heavy atom. The first-order valence-electron chi connectivity index (χ1n) is 46.4. The van der Waals surface area contributed by atoms with Gasteiger partial charge in [-0.2, -0.15) is 0 Å². The van der Waals surface area contributed by atoms with E-state index in [2.05, 4.69) is 60.6 Å². The van der Waals surface area contributed by atoms with Crippen LogP contribution >= 0.6 is 92.8 Å². The average molecular weight is 2110 g/mol. The van der Waals surface area contributed by atoms with Gasteiger partial charge in [0.2, 0.25) is 0 Å². The monoisotopic (exact) mass is 2110 g/mol. The summed E-state index contributed by atoms with van der Waals surface area (Å²) in [5.74, 6) is -0.0204. The molecule has 1 N–H and O–H groups in total. The lowest BCUT2D eigenvalue weighted by atomic mass is 10.1. The van der Waals surface area contributed by atoms with Crippen LogP contribution in [0.5, 0.6) is 0 Å². The first kappa shape index (κ1) is 105. The SMILES string of the molecule is CCCCC(=O)c1ncn2c1CN(C)C(=O)c1cc(Cl)ccc1-2.CCN(CC)Cc1ncn2c1CN(C)C(=O)c1cc(Cl)ccc1-2.CCOCc1ncn2c1CN(C)C(=O)c1cc(Cl)ccc1-2.CCc1ncn2c1CN(C)C(=O)c1cc(Cl)ccc1-2.CN1Cc2c(CCl)ncn2-c2ccc(Cl)cc2C1=O.CN1Cc2c(CO)ncn2-c2ccc(Cl)cc2C1=O.COCc1ncn2c1CN(C)C(=O)c1cc(Cl)ccc1-2. The summed E-state index contributed by atoms with van der Waals surface area (Å²) in [5, 5.41) is 13.1. The lowest BCUT2D eigenvalue weighted by Gasteiger charge is -2.19. The van der Waals surface area contributed by atoms with Crippen LogP contribution in [-0.4, -0.2) is 234 Å². The molecule has 144 heavy (non-hydrogen) atoms. The molecule has 0 atom stereocenters. The van der Waals surface area contributed by atoms with Gasteiger partial charge in [0.1, 0.15) is 12.0 Å². The molecule has 14 heterocycles. The van der Waals surface area contributed by atoms with Gasteiger partial charge in [0.15, 0.2) is 5.78 Å². The van der Waals surface area contributed by atoms with Gasteiger partial charge in [-0.1, -0.05) is 115 Å². The Hall–Kier alpha value is -12.9. The van der Waals surface area contributed by atoms with E-state index in [1.165, 1.54) is 0 Å². The van der Waals surface area contributed by atoms with Crippen molar-refractivity contribution in [3.63, 3.8) is 0 Å². The maximum atomic E-state index is 12.6. The molecule has 0 fully saturated rings. The van der Waals surface area contributed by atoms with E-state index in [0.717, 1.165) is 141 Å². The number of carbonyl (C=O) groups is 8. The molecule has 7 amide bonds. The van der Waals surface area contributed by atoms with Crippen molar-refractivity contribution in [1.82, 2.24) is 106 Å². The van der Waals surface area contributed by atoms with E-state index in [1.807, 2.05) is 95.6 Å². The third kappa shape index (κ3) is 22.0. The second kappa shape index (κ2) is 46.0. The Morgan fingerprint density at radius 3 is 0.875 bits per heavy atom. The lowest BCUT2D eigenvalue weighted by molar-refractivity contribution is 0.0778. The maximum absolute atomic E-state index is 12.6. The van der Waals surface area contributed by atoms with Crippen LogP contribution in [0.2, 0.25) is 35.2 Å². The normalized spacial score (nSPS) is 13.9. The van der Waals surface area contributed by atoms with Crippen molar-refractivity contribution in [2.75, 3.05) is 76.1 Å². The summed E-state index contributed by atoms with van der Waals surface area (Å²) in [4.78, 5) is 144. The largest absolute Gasteiger partial charge is 0.390 e. The number of aryl methyl sites for hydroxylation is 1. The molecule has 41 heteroatoms. The number of carbonyl (C=O) groups excluding carboxylic acids is 8. The topological polar surface area (TPSA) is 326 Å². The predicted octanol–water partition coefficient (Wildman–Crippen LogP) is 18.5. The van der Waals surface area contributed by atoms with Gasteiger partial charge in [-0.3, -0.25) is 47.8 Å². The van der Waals surface area contributed by atoms with Gasteiger partial charge in [0.25, 0.3) is 41.4 Å². The number of nitrogens with zero attached hydrogens (tertiary/aromatic N) is 22. The van der Waals surface area contributed by atoms with E-state index < -0.39 is 0 Å². The minimum Gasteiger partial charge on any atom is -0.390 e. The van der Waals surface area contributed by atoms with Crippen molar-refractivity contribution in [2.45, 2.75) is 138 Å². The van der Waals surface area contributed by atoms with Gasteiger partial charge in [0.05, 0.1) is 262 Å². The summed E-state index contributed by atoms with van der Waals surface area (Å²) in [6.45, 7) is 17.8. The van der Waals surface area contributed by atoms with Crippen molar-refractivity contribution >= 4 is 140 Å². The number of amides is 7. The number of imidazole rings is 7. The second-order valence-corrected chi connectivity index (χ2v) is 38.2. The van der Waals surface area contributed by atoms with Gasteiger partial charge in [-0.25, -0.2) is 34.9 Å². The molecule has 7 aliphatic heterocycles. The van der Waals surface area contributed by atoms with E-state index in [1.54, 1.807) is 213 Å². The first-order chi connectivity index (χ1) is 69.1. The van der Waals surface area contributed by atoms with Gasteiger partial charge < -0.3 is 76.3 Å². The van der Waals surface area contributed by atoms with Gasteiger partial charge in [-0.15, -0.1) is 11.6 Å². The number of hydrogen-bond acceptors (Lipinski definition) is 19. The minimum absolute atomic E-state index is 0.0109. The molecule has 0 unspecified atom stereocenters. The molecular weight excluding hydrogens is 2000 g/mol. The van der Waals surface area contributed by atoms with Crippen LogP contribution in [0.4, 0.5) is 0 Å². The maximum Gasteiger partial charge on any atom is 0.256 e. The summed E-state index contributed by atoms with van der Waals surface area (Å²) >= 11 is 48.0. The van der Waals surface area contributed by atoms with Crippen LogP contribution in [0.3, 0.4) is 0 Å². The molecule has 0 bridgehead atoms. The molecule has 7 aromatic carbocycles. The van der Waals surface area contributed by atoms with E-state index in [9.17, 15) is 43.5 Å². The molecule has 33 nitrogen and oxygen atoms in total. The highest BCUT2D eigenvalue weighted by Crippen LogP contribution is 2.38. The van der Waals surface area contributed by atoms with Crippen molar-refractivity contribution in [3.05, 3.63) is 326 Å². The number of alkyl halides is 1. The number of methoxy groups -OCH3 is 1. The third-order valence-electron chi connectivity index (χ3n) is 25.5. The summed E-state index contributed by atoms with van der Waals surface area (Å²) in [6.07, 6.45) is 15.1. The quantitative estimate of drug-likeness (QED) is 0.0693. The van der Waals surface area contributed by atoms with E-state index >= 15 is 0 Å². The number of hydrogen-bond donors (Lipinski definition) is 1. The first-order valence-corrected chi connectivity index (χ1v) is 49.6. The summed E-state index contributed by atoms with van der Waals surface area (Å²) < 4.78 is 24.1. The Balaban J connectivity index is 0.000000127. The van der Waals surface area contributed by atoms with Crippen LogP contribution in [0, 0.1) is 0 Å². The lowest BCUT2D eigenvalue weighted by Crippen LogP contribution is -2.27. The van der Waals surface area contributed by atoms with Gasteiger partial charge in [-0.05, 0) is 160 Å².